The van der Waals surface area contributed by atoms with Gasteiger partial charge in [-0.2, -0.15) is 0 Å². The molecule has 2 unspecified atom stereocenters. The van der Waals surface area contributed by atoms with Gasteiger partial charge in [-0.3, -0.25) is 9.59 Å². The van der Waals surface area contributed by atoms with Crippen molar-refractivity contribution in [3.05, 3.63) is 82.9 Å². The van der Waals surface area contributed by atoms with Crippen LogP contribution in [0.3, 0.4) is 0 Å². The molecule has 0 spiro atoms. The SMILES string of the molecule is COc1cc(C2Oc3cc([C@H]4Oc5cc(OC(=O)CCc6cc(OC)c(O)c(OC)c6)cc(O)c5C(=O)[C@@H]4O)ccc3OC2CO)ccc1O. The number of carbonyl (C=O) groups excluding carboxylic acids is 2. The van der Waals surface area contributed by atoms with Gasteiger partial charge in [-0.05, 0) is 53.9 Å². The zero-order valence-corrected chi connectivity index (χ0v) is 27.1. The van der Waals surface area contributed by atoms with Crippen LogP contribution in [0.1, 0.15) is 45.7 Å². The smallest absolute Gasteiger partial charge is 0.311 e. The standard InChI is InChI=1S/C36H34O14/c1-44-24-12-18(5-7-21(24)38)35-29(16-37)48-23-8-6-19(13-25(23)49-35)36-34(43)33(42)31-22(39)14-20(15-26(31)50-36)47-30(40)9-4-17-10-27(45-2)32(41)28(11-17)46-3/h5-8,10-15,29,34-39,41,43H,4,9,16H2,1-3H3/t29?,34-,35?,36+/m0/s1. The molecule has 0 radical (unpaired) electrons. The molecule has 14 nitrogen and oxygen atoms in total. The van der Waals surface area contributed by atoms with Crippen LogP contribution in [-0.2, 0) is 11.2 Å². The maximum Gasteiger partial charge on any atom is 0.311 e. The van der Waals surface area contributed by atoms with Gasteiger partial charge < -0.3 is 58.7 Å². The number of carbonyl (C=O) groups is 2. The highest BCUT2D eigenvalue weighted by Gasteiger charge is 2.41. The number of Topliss-reactive ketones (excluding diaryl/α,β-unsaturated/α-hetero) is 1. The van der Waals surface area contributed by atoms with Gasteiger partial charge in [-0.15, -0.1) is 0 Å². The number of rotatable bonds is 10. The molecule has 2 aliphatic heterocycles. The number of esters is 1. The fraction of sp³-hybridized carbons (Fsp3) is 0.278. The molecule has 0 aliphatic carbocycles. The summed E-state index contributed by atoms with van der Waals surface area (Å²) < 4.78 is 39.2. The lowest BCUT2D eigenvalue weighted by Crippen LogP contribution is -2.37. The van der Waals surface area contributed by atoms with Crippen LogP contribution in [0.15, 0.2) is 60.7 Å². The van der Waals surface area contributed by atoms with E-state index in [4.69, 9.17) is 33.2 Å². The Balaban J connectivity index is 1.21. The number of phenolic OH excluding ortho intramolecular Hbond substituents is 3. The van der Waals surface area contributed by atoms with Crippen LogP contribution < -0.4 is 33.2 Å². The first kappa shape index (κ1) is 34.0. The summed E-state index contributed by atoms with van der Waals surface area (Å²) in [6.07, 6.45) is -4.48. The van der Waals surface area contributed by atoms with E-state index in [1.165, 1.54) is 39.5 Å². The minimum Gasteiger partial charge on any atom is -0.507 e. The summed E-state index contributed by atoms with van der Waals surface area (Å²) in [6.45, 7) is -0.387. The maximum absolute atomic E-state index is 13.3. The van der Waals surface area contributed by atoms with Crippen molar-refractivity contribution in [2.24, 2.45) is 0 Å². The fourth-order valence-electron chi connectivity index (χ4n) is 5.85. The molecule has 0 fully saturated rings. The Morgan fingerprint density at radius 1 is 0.740 bits per heavy atom. The predicted octanol–water partition coefficient (Wildman–Crippen LogP) is 3.92. The molecule has 262 valence electrons. The molecule has 0 aromatic heterocycles. The molecule has 0 bridgehead atoms. The van der Waals surface area contributed by atoms with Crippen molar-refractivity contribution in [2.75, 3.05) is 27.9 Å². The van der Waals surface area contributed by atoms with E-state index in [0.717, 1.165) is 6.07 Å². The van der Waals surface area contributed by atoms with Crippen LogP contribution in [0.25, 0.3) is 0 Å². The van der Waals surface area contributed by atoms with Crippen LogP contribution >= 0.6 is 0 Å². The number of phenols is 3. The van der Waals surface area contributed by atoms with Crippen molar-refractivity contribution < 1.29 is 68.3 Å². The van der Waals surface area contributed by atoms with Crippen LogP contribution in [0, 0.1) is 0 Å². The number of hydrogen-bond acceptors (Lipinski definition) is 14. The third-order valence-corrected chi connectivity index (χ3v) is 8.38. The van der Waals surface area contributed by atoms with Crippen molar-refractivity contribution in [1.82, 2.24) is 0 Å². The maximum atomic E-state index is 13.3. The molecule has 4 atom stereocenters. The lowest BCUT2D eigenvalue weighted by atomic mass is 9.92. The molecule has 4 aromatic carbocycles. The predicted molar refractivity (Wildman–Crippen MR) is 173 cm³/mol. The second kappa shape index (κ2) is 13.9. The monoisotopic (exact) mass is 690 g/mol. The Labute approximate surface area is 285 Å². The van der Waals surface area contributed by atoms with Gasteiger partial charge in [0.1, 0.15) is 22.8 Å². The number of aliphatic hydroxyl groups is 2. The van der Waals surface area contributed by atoms with Gasteiger partial charge in [0.05, 0.1) is 27.9 Å². The van der Waals surface area contributed by atoms with Gasteiger partial charge in [0, 0.05) is 24.1 Å². The number of ketones is 1. The highest BCUT2D eigenvalue weighted by molar-refractivity contribution is 6.05. The first-order chi connectivity index (χ1) is 24.0. The number of benzene rings is 4. The zero-order valence-electron chi connectivity index (χ0n) is 27.1. The number of methoxy groups -OCH3 is 3. The summed E-state index contributed by atoms with van der Waals surface area (Å²) >= 11 is 0. The molecule has 2 aliphatic rings. The minimum atomic E-state index is -1.72. The van der Waals surface area contributed by atoms with Crippen LogP contribution in [-0.4, -0.2) is 77.4 Å². The lowest BCUT2D eigenvalue weighted by molar-refractivity contribution is -0.134. The molecule has 4 aromatic rings. The zero-order chi connectivity index (χ0) is 35.7. The number of hydrogen-bond donors (Lipinski definition) is 5. The Hall–Kier alpha value is -5.86. The van der Waals surface area contributed by atoms with Gasteiger partial charge in [-0.1, -0.05) is 12.1 Å². The number of ether oxygens (including phenoxy) is 7. The first-order valence-electron chi connectivity index (χ1n) is 15.4. The summed E-state index contributed by atoms with van der Waals surface area (Å²) in [5.74, 6) is -1.42. The first-order valence-corrected chi connectivity index (χ1v) is 15.4. The number of aryl methyl sites for hydroxylation is 1. The van der Waals surface area contributed by atoms with Gasteiger partial charge in [0.2, 0.25) is 11.5 Å². The summed E-state index contributed by atoms with van der Waals surface area (Å²) in [7, 11) is 4.18. The molecule has 6 rings (SSSR count). The topological polar surface area (TPSA) is 200 Å². The van der Waals surface area contributed by atoms with E-state index in [-0.39, 0.29) is 71.0 Å². The average molecular weight is 691 g/mol. The summed E-state index contributed by atoms with van der Waals surface area (Å²) in [6, 6.07) is 14.7. The number of aromatic hydroxyl groups is 3. The van der Waals surface area contributed by atoms with E-state index < -0.39 is 41.9 Å². The molecule has 14 heteroatoms. The molecule has 5 N–H and O–H groups in total. The highest BCUT2D eigenvalue weighted by atomic mass is 16.6. The molecule has 0 saturated carbocycles. The Morgan fingerprint density at radius 3 is 2.08 bits per heavy atom. The van der Waals surface area contributed by atoms with Crippen molar-refractivity contribution >= 4 is 11.8 Å². The molecular weight excluding hydrogens is 656 g/mol. The average Bonchev–Trinajstić information content (AvgIpc) is 3.11. The normalized spacial score (nSPS) is 19.2. The molecule has 2 heterocycles. The quantitative estimate of drug-likeness (QED) is 0.118. The number of fused-ring (bicyclic) bond motifs is 2. The molecule has 50 heavy (non-hydrogen) atoms. The Morgan fingerprint density at radius 2 is 1.40 bits per heavy atom. The molecule has 0 amide bonds. The largest absolute Gasteiger partial charge is 0.507 e. The van der Waals surface area contributed by atoms with Gasteiger partial charge in [-0.25, -0.2) is 0 Å². The van der Waals surface area contributed by atoms with Crippen LogP contribution in [0.2, 0.25) is 0 Å². The van der Waals surface area contributed by atoms with E-state index in [0.29, 0.717) is 22.4 Å². The summed E-state index contributed by atoms with van der Waals surface area (Å²) in [5, 5.41) is 51.9. The second-order valence-corrected chi connectivity index (χ2v) is 11.5. The van der Waals surface area contributed by atoms with E-state index in [1.54, 1.807) is 36.4 Å². The summed E-state index contributed by atoms with van der Waals surface area (Å²) in [4.78, 5) is 26.1. The highest BCUT2D eigenvalue weighted by Crippen LogP contribution is 2.46. The Bertz CT molecular complexity index is 1910. The van der Waals surface area contributed by atoms with E-state index in [1.807, 2.05) is 0 Å². The fourth-order valence-corrected chi connectivity index (χ4v) is 5.85. The van der Waals surface area contributed by atoms with E-state index >= 15 is 0 Å². The van der Waals surface area contributed by atoms with E-state index in [9.17, 15) is 35.1 Å². The van der Waals surface area contributed by atoms with Gasteiger partial charge >= 0.3 is 5.97 Å². The van der Waals surface area contributed by atoms with Crippen molar-refractivity contribution in [1.29, 1.82) is 0 Å². The van der Waals surface area contributed by atoms with Gasteiger partial charge in [0.15, 0.2) is 58.9 Å². The van der Waals surface area contributed by atoms with Crippen LogP contribution in [0.5, 0.6) is 57.5 Å². The number of aliphatic hydroxyl groups excluding tert-OH is 2. The van der Waals surface area contributed by atoms with Crippen molar-refractivity contribution in [3.8, 4) is 57.5 Å². The van der Waals surface area contributed by atoms with Crippen molar-refractivity contribution in [3.63, 3.8) is 0 Å². The Kier molecular flexibility index (Phi) is 9.48. The second-order valence-electron chi connectivity index (χ2n) is 11.5. The van der Waals surface area contributed by atoms with Gasteiger partial charge in [0.25, 0.3) is 0 Å². The third-order valence-electron chi connectivity index (χ3n) is 8.38. The third kappa shape index (κ3) is 6.45. The minimum absolute atomic E-state index is 0.0790. The summed E-state index contributed by atoms with van der Waals surface area (Å²) in [5.41, 5.74) is 1.23. The van der Waals surface area contributed by atoms with E-state index in [2.05, 4.69) is 0 Å². The molecular formula is C36H34O14. The lowest BCUT2D eigenvalue weighted by Gasteiger charge is -2.35. The van der Waals surface area contributed by atoms with Crippen LogP contribution in [0.4, 0.5) is 0 Å². The molecule has 0 saturated heterocycles. The van der Waals surface area contributed by atoms with Crippen molar-refractivity contribution in [2.45, 2.75) is 37.3 Å².